The molecule has 142 valence electrons. The lowest BCUT2D eigenvalue weighted by Gasteiger charge is -2.03. The van der Waals surface area contributed by atoms with Crippen LogP contribution in [0.1, 0.15) is 30.6 Å². The van der Waals surface area contributed by atoms with Gasteiger partial charge in [0.1, 0.15) is 0 Å². The van der Waals surface area contributed by atoms with Crippen LogP contribution < -0.4 is 5.32 Å². The molecule has 0 radical (unpaired) electrons. The van der Waals surface area contributed by atoms with Gasteiger partial charge in [-0.1, -0.05) is 60.4 Å². The number of benzene rings is 2. The predicted molar refractivity (Wildman–Crippen MR) is 113 cm³/mol. The molecule has 1 N–H and O–H groups in total. The molecule has 2 aromatic carbocycles. The molecule has 0 saturated carbocycles. The zero-order valence-electron chi connectivity index (χ0n) is 15.5. The van der Waals surface area contributed by atoms with Crippen molar-refractivity contribution in [3.63, 3.8) is 0 Å². The molecule has 4 aromatic rings. The molecule has 1 atom stereocenters. The fraction of sp³-hybridized carbons (Fsp3) is 0.200. The summed E-state index contributed by atoms with van der Waals surface area (Å²) in [6.45, 7) is 4.16. The second kappa shape index (κ2) is 8.53. The minimum Gasteiger partial charge on any atom is -0.419 e. The molecule has 28 heavy (non-hydrogen) atoms. The van der Waals surface area contributed by atoms with Gasteiger partial charge in [0.15, 0.2) is 4.34 Å². The number of rotatable bonds is 7. The predicted octanol–water partition coefficient (Wildman–Crippen LogP) is 5.75. The van der Waals surface area contributed by atoms with Gasteiger partial charge in [-0.15, -0.1) is 20.4 Å². The SMILES string of the molecule is CCc1ccc(Nc2nnc(SC(C)c3nnc(-c4ccccc4)o3)s2)cc1. The van der Waals surface area contributed by atoms with Gasteiger partial charge in [-0.2, -0.15) is 0 Å². The highest BCUT2D eigenvalue weighted by Crippen LogP contribution is 2.38. The topological polar surface area (TPSA) is 76.7 Å². The number of hydrogen-bond acceptors (Lipinski definition) is 8. The molecule has 2 aromatic heterocycles. The highest BCUT2D eigenvalue weighted by Gasteiger charge is 2.18. The van der Waals surface area contributed by atoms with Crippen molar-refractivity contribution in [3.8, 4) is 11.5 Å². The van der Waals surface area contributed by atoms with Crippen molar-refractivity contribution < 1.29 is 4.42 Å². The number of aromatic nitrogens is 4. The van der Waals surface area contributed by atoms with E-state index >= 15 is 0 Å². The van der Waals surface area contributed by atoms with Gasteiger partial charge >= 0.3 is 0 Å². The molecule has 8 heteroatoms. The molecular formula is C20H19N5OS2. The van der Waals surface area contributed by atoms with Crippen molar-refractivity contribution in [2.45, 2.75) is 29.9 Å². The van der Waals surface area contributed by atoms with Gasteiger partial charge in [0.2, 0.25) is 16.9 Å². The highest BCUT2D eigenvalue weighted by molar-refractivity contribution is 8.01. The largest absolute Gasteiger partial charge is 0.419 e. The summed E-state index contributed by atoms with van der Waals surface area (Å²) in [4.78, 5) is 0. The second-order valence-electron chi connectivity index (χ2n) is 6.12. The van der Waals surface area contributed by atoms with Crippen LogP contribution in [0.5, 0.6) is 0 Å². The summed E-state index contributed by atoms with van der Waals surface area (Å²) in [5.74, 6) is 1.10. The summed E-state index contributed by atoms with van der Waals surface area (Å²) in [5, 5.41) is 20.8. The Bertz CT molecular complexity index is 1030. The summed E-state index contributed by atoms with van der Waals surface area (Å²) in [7, 11) is 0. The third-order valence-electron chi connectivity index (χ3n) is 4.11. The average Bonchev–Trinajstić information content (AvgIpc) is 3.39. The Hall–Kier alpha value is -2.71. The molecule has 0 aliphatic carbocycles. The minimum absolute atomic E-state index is 0.0189. The quantitative estimate of drug-likeness (QED) is 0.390. The third kappa shape index (κ3) is 4.40. The first-order chi connectivity index (χ1) is 13.7. The van der Waals surface area contributed by atoms with Crippen LogP contribution in [0.15, 0.2) is 63.4 Å². The van der Waals surface area contributed by atoms with Crippen molar-refractivity contribution in [3.05, 3.63) is 66.1 Å². The van der Waals surface area contributed by atoms with E-state index in [2.05, 4.69) is 56.9 Å². The Morgan fingerprint density at radius 2 is 1.79 bits per heavy atom. The zero-order valence-corrected chi connectivity index (χ0v) is 17.1. The van der Waals surface area contributed by atoms with Crippen molar-refractivity contribution in [1.82, 2.24) is 20.4 Å². The van der Waals surface area contributed by atoms with Gasteiger partial charge in [-0.3, -0.25) is 0 Å². The molecule has 1 unspecified atom stereocenters. The number of nitrogens with one attached hydrogen (secondary N) is 1. The van der Waals surface area contributed by atoms with Crippen LogP contribution in [0, 0.1) is 0 Å². The van der Waals surface area contributed by atoms with E-state index in [0.29, 0.717) is 11.8 Å². The lowest BCUT2D eigenvalue weighted by Crippen LogP contribution is -1.89. The molecule has 0 fully saturated rings. The number of hydrogen-bond donors (Lipinski definition) is 1. The summed E-state index contributed by atoms with van der Waals surface area (Å²) in [6.07, 6.45) is 1.03. The van der Waals surface area contributed by atoms with Crippen LogP contribution >= 0.6 is 23.1 Å². The molecule has 0 aliphatic heterocycles. The van der Waals surface area contributed by atoms with Crippen LogP contribution in [0.2, 0.25) is 0 Å². The van der Waals surface area contributed by atoms with Gasteiger partial charge in [0.25, 0.3) is 0 Å². The van der Waals surface area contributed by atoms with Gasteiger partial charge in [0.05, 0.1) is 5.25 Å². The first-order valence-corrected chi connectivity index (χ1v) is 10.7. The van der Waals surface area contributed by atoms with Crippen LogP contribution in [-0.4, -0.2) is 20.4 Å². The number of anilines is 2. The normalized spacial score (nSPS) is 12.1. The van der Waals surface area contributed by atoms with Crippen LogP contribution in [0.25, 0.3) is 11.5 Å². The number of nitrogens with zero attached hydrogens (tertiary/aromatic N) is 4. The fourth-order valence-electron chi connectivity index (χ4n) is 2.55. The van der Waals surface area contributed by atoms with E-state index in [1.807, 2.05) is 37.3 Å². The van der Waals surface area contributed by atoms with E-state index < -0.39 is 0 Å². The number of thioether (sulfide) groups is 1. The molecule has 4 rings (SSSR count). The number of aryl methyl sites for hydroxylation is 1. The van der Waals surface area contributed by atoms with E-state index in [4.69, 9.17) is 4.42 Å². The maximum Gasteiger partial charge on any atom is 0.247 e. The van der Waals surface area contributed by atoms with E-state index in [1.54, 1.807) is 11.8 Å². The highest BCUT2D eigenvalue weighted by atomic mass is 32.2. The minimum atomic E-state index is -0.0189. The lowest BCUT2D eigenvalue weighted by molar-refractivity contribution is 0.509. The third-order valence-corrected chi connectivity index (χ3v) is 6.12. The molecule has 2 heterocycles. The van der Waals surface area contributed by atoms with Crippen LogP contribution in [0.3, 0.4) is 0 Å². The standard InChI is InChI=1S/C20H19N5OS2/c1-3-14-9-11-16(12-10-14)21-19-24-25-20(28-19)27-13(2)17-22-23-18(26-17)15-7-5-4-6-8-15/h4-13H,3H2,1-2H3,(H,21,24). The molecule has 0 saturated heterocycles. The van der Waals surface area contributed by atoms with Crippen LogP contribution in [0.4, 0.5) is 10.8 Å². The van der Waals surface area contributed by atoms with E-state index in [9.17, 15) is 0 Å². The van der Waals surface area contributed by atoms with E-state index in [1.165, 1.54) is 16.9 Å². The van der Waals surface area contributed by atoms with Gasteiger partial charge in [0, 0.05) is 11.3 Å². The zero-order chi connectivity index (χ0) is 19.3. The van der Waals surface area contributed by atoms with Gasteiger partial charge < -0.3 is 9.73 Å². The van der Waals surface area contributed by atoms with Crippen molar-refractivity contribution >= 4 is 33.9 Å². The molecular weight excluding hydrogens is 390 g/mol. The Morgan fingerprint density at radius 1 is 1.00 bits per heavy atom. The molecule has 6 nitrogen and oxygen atoms in total. The van der Waals surface area contributed by atoms with Gasteiger partial charge in [-0.25, -0.2) is 0 Å². The van der Waals surface area contributed by atoms with Crippen molar-refractivity contribution in [2.75, 3.05) is 5.32 Å². The lowest BCUT2D eigenvalue weighted by atomic mass is 10.1. The maximum atomic E-state index is 5.83. The average molecular weight is 410 g/mol. The monoisotopic (exact) mass is 409 g/mol. The molecule has 0 aliphatic rings. The van der Waals surface area contributed by atoms with E-state index in [0.717, 1.165) is 27.1 Å². The Morgan fingerprint density at radius 3 is 2.54 bits per heavy atom. The van der Waals surface area contributed by atoms with Crippen LogP contribution in [-0.2, 0) is 6.42 Å². The van der Waals surface area contributed by atoms with Gasteiger partial charge in [-0.05, 0) is 43.2 Å². The van der Waals surface area contributed by atoms with E-state index in [-0.39, 0.29) is 5.25 Å². The Kier molecular flexibility index (Phi) is 5.68. The van der Waals surface area contributed by atoms with Crippen molar-refractivity contribution in [2.24, 2.45) is 0 Å². The summed E-state index contributed by atoms with van der Waals surface area (Å²) in [6, 6.07) is 18.1. The summed E-state index contributed by atoms with van der Waals surface area (Å²) >= 11 is 3.05. The molecule has 0 spiro atoms. The first-order valence-electron chi connectivity index (χ1n) is 8.96. The summed E-state index contributed by atoms with van der Waals surface area (Å²) < 4.78 is 6.67. The smallest absolute Gasteiger partial charge is 0.247 e. The maximum absolute atomic E-state index is 5.83. The fourth-order valence-corrected chi connectivity index (χ4v) is 4.50. The molecule has 0 amide bonds. The summed E-state index contributed by atoms with van der Waals surface area (Å²) in [5.41, 5.74) is 3.22. The Labute approximate surface area is 171 Å². The molecule has 0 bridgehead atoms. The first kappa shape index (κ1) is 18.6. The Balaban J connectivity index is 1.40. The second-order valence-corrected chi connectivity index (χ2v) is 8.69. The van der Waals surface area contributed by atoms with Crippen molar-refractivity contribution in [1.29, 1.82) is 0 Å².